The third kappa shape index (κ3) is 4.04. The van der Waals surface area contributed by atoms with Crippen molar-refractivity contribution >= 4 is 39.4 Å². The van der Waals surface area contributed by atoms with Gasteiger partial charge in [-0.1, -0.05) is 54.9 Å². The topological polar surface area (TPSA) is 72.9 Å². The highest BCUT2D eigenvalue weighted by Crippen LogP contribution is 2.53. The highest BCUT2D eigenvalue weighted by molar-refractivity contribution is 9.10. The summed E-state index contributed by atoms with van der Waals surface area (Å²) < 4.78 is 12.5. The number of carbonyl (C=O) groups excluding carboxylic acids is 3. The fourth-order valence-electron chi connectivity index (χ4n) is 5.58. The number of rotatable bonds is 4. The number of hydrogen-bond acceptors (Lipinski definition) is 5. The number of carbonyl (C=O) groups is 3. The maximum atomic E-state index is 14.1. The van der Waals surface area contributed by atoms with Crippen LogP contribution in [-0.2, 0) is 19.1 Å². The molecule has 0 aromatic heterocycles. The van der Waals surface area contributed by atoms with Gasteiger partial charge in [0.25, 0.3) is 0 Å². The summed E-state index contributed by atoms with van der Waals surface area (Å²) in [5.74, 6) is -2.40. The highest BCUT2D eigenvalue weighted by Gasteiger charge is 2.57. The maximum absolute atomic E-state index is 14.1. The molecule has 4 rings (SSSR count). The SMILES string of the molecule is CCOC(=O)C1C2COc3ccc(Br)cc3C2C(CC)C(=O)N(c2ccccc2)C(=O)C1(C)C. The summed E-state index contributed by atoms with van der Waals surface area (Å²) in [6.45, 7) is 7.62. The zero-order valence-electron chi connectivity index (χ0n) is 19.9. The van der Waals surface area contributed by atoms with Gasteiger partial charge in [-0.2, -0.15) is 0 Å². The molecule has 4 unspecified atom stereocenters. The summed E-state index contributed by atoms with van der Waals surface area (Å²) in [5.41, 5.74) is 0.177. The standard InChI is InChI=1S/C27H30BrNO5/c1-5-18-22-19-14-16(28)12-13-21(19)34-15-20(22)23(25(31)33-6-2)27(3,4)26(32)29(24(18)30)17-10-8-7-9-11-17/h7-14,18,20,22-23H,5-6,15H2,1-4H3. The summed E-state index contributed by atoms with van der Waals surface area (Å²) in [5, 5.41) is 0. The van der Waals surface area contributed by atoms with E-state index in [9.17, 15) is 14.4 Å². The number of imide groups is 1. The molecule has 2 amide bonds. The second-order valence-electron chi connectivity index (χ2n) is 9.46. The van der Waals surface area contributed by atoms with Crippen LogP contribution < -0.4 is 9.64 Å². The first-order valence-corrected chi connectivity index (χ1v) is 12.5. The Balaban J connectivity index is 1.97. The molecule has 2 aliphatic rings. The van der Waals surface area contributed by atoms with Gasteiger partial charge in [-0.25, -0.2) is 4.90 Å². The number of benzene rings is 2. The van der Waals surface area contributed by atoms with Crippen LogP contribution in [0.4, 0.5) is 5.69 Å². The number of para-hydroxylation sites is 1. The number of ether oxygens (including phenoxy) is 2. The summed E-state index contributed by atoms with van der Waals surface area (Å²) >= 11 is 3.55. The van der Waals surface area contributed by atoms with E-state index in [0.29, 0.717) is 17.9 Å². The maximum Gasteiger partial charge on any atom is 0.310 e. The van der Waals surface area contributed by atoms with E-state index >= 15 is 0 Å². The van der Waals surface area contributed by atoms with Crippen molar-refractivity contribution < 1.29 is 23.9 Å². The molecule has 1 fully saturated rings. The summed E-state index contributed by atoms with van der Waals surface area (Å²) in [4.78, 5) is 42.9. The van der Waals surface area contributed by atoms with E-state index in [2.05, 4.69) is 15.9 Å². The Morgan fingerprint density at radius 3 is 2.50 bits per heavy atom. The fraction of sp³-hybridized carbons (Fsp3) is 0.444. The van der Waals surface area contributed by atoms with Crippen LogP contribution in [0.25, 0.3) is 0 Å². The number of nitrogens with zero attached hydrogens (tertiary/aromatic N) is 1. The predicted octanol–water partition coefficient (Wildman–Crippen LogP) is 5.35. The van der Waals surface area contributed by atoms with Crippen molar-refractivity contribution in [1.29, 1.82) is 0 Å². The van der Waals surface area contributed by atoms with Gasteiger partial charge in [-0.15, -0.1) is 0 Å². The molecule has 0 N–H and O–H groups in total. The first kappa shape index (κ1) is 24.5. The van der Waals surface area contributed by atoms with Gasteiger partial charge < -0.3 is 9.47 Å². The van der Waals surface area contributed by atoms with Crippen LogP contribution in [0.15, 0.2) is 53.0 Å². The Morgan fingerprint density at radius 1 is 1.15 bits per heavy atom. The third-order valence-corrected chi connectivity index (χ3v) is 7.64. The molecular formula is C27H30BrNO5. The number of anilines is 1. The van der Waals surface area contributed by atoms with Gasteiger partial charge >= 0.3 is 5.97 Å². The molecule has 0 bridgehead atoms. The molecule has 4 atom stereocenters. The van der Waals surface area contributed by atoms with E-state index in [4.69, 9.17) is 9.47 Å². The molecule has 1 saturated heterocycles. The van der Waals surface area contributed by atoms with Crippen molar-refractivity contribution in [2.45, 2.75) is 40.0 Å². The van der Waals surface area contributed by atoms with Gasteiger partial charge in [-0.05, 0) is 49.2 Å². The quantitative estimate of drug-likeness (QED) is 0.396. The monoisotopic (exact) mass is 527 g/mol. The lowest BCUT2D eigenvalue weighted by molar-refractivity contribution is -0.163. The minimum absolute atomic E-state index is 0.207. The lowest BCUT2D eigenvalue weighted by Gasteiger charge is -2.48. The molecule has 6 nitrogen and oxygen atoms in total. The van der Waals surface area contributed by atoms with Gasteiger partial charge in [0.1, 0.15) is 5.75 Å². The van der Waals surface area contributed by atoms with Crippen molar-refractivity contribution in [1.82, 2.24) is 0 Å². The molecule has 0 radical (unpaired) electrons. The fourth-order valence-corrected chi connectivity index (χ4v) is 5.96. The Labute approximate surface area is 208 Å². The van der Waals surface area contributed by atoms with Crippen LogP contribution in [0.5, 0.6) is 5.75 Å². The summed E-state index contributed by atoms with van der Waals surface area (Å²) in [7, 11) is 0. The molecule has 2 heterocycles. The van der Waals surface area contributed by atoms with Crippen molar-refractivity contribution in [2.24, 2.45) is 23.2 Å². The van der Waals surface area contributed by atoms with Gasteiger partial charge in [0, 0.05) is 22.2 Å². The Kier molecular flexibility index (Phi) is 6.85. The van der Waals surface area contributed by atoms with Crippen LogP contribution >= 0.6 is 15.9 Å². The van der Waals surface area contributed by atoms with Crippen molar-refractivity contribution in [3.8, 4) is 5.75 Å². The second-order valence-corrected chi connectivity index (χ2v) is 10.4. The van der Waals surface area contributed by atoms with Gasteiger partial charge in [0.2, 0.25) is 11.8 Å². The molecule has 0 aliphatic carbocycles. The van der Waals surface area contributed by atoms with E-state index in [1.807, 2.05) is 31.2 Å². The minimum atomic E-state index is -1.20. The predicted molar refractivity (Wildman–Crippen MR) is 132 cm³/mol. The van der Waals surface area contributed by atoms with Crippen molar-refractivity contribution in [3.63, 3.8) is 0 Å². The van der Waals surface area contributed by atoms with Crippen molar-refractivity contribution in [3.05, 3.63) is 58.6 Å². The van der Waals surface area contributed by atoms with Crippen molar-refractivity contribution in [2.75, 3.05) is 18.1 Å². The van der Waals surface area contributed by atoms with E-state index in [1.165, 1.54) is 4.90 Å². The van der Waals surface area contributed by atoms with E-state index in [0.717, 1.165) is 10.0 Å². The minimum Gasteiger partial charge on any atom is -0.493 e. The number of hydrogen-bond donors (Lipinski definition) is 0. The lowest BCUT2D eigenvalue weighted by Crippen LogP contribution is -2.59. The average Bonchev–Trinajstić information content (AvgIpc) is 2.81. The Morgan fingerprint density at radius 2 is 1.85 bits per heavy atom. The van der Waals surface area contributed by atoms with E-state index in [1.54, 1.807) is 45.0 Å². The van der Waals surface area contributed by atoms with E-state index in [-0.39, 0.29) is 25.0 Å². The first-order chi connectivity index (χ1) is 16.2. The molecule has 0 spiro atoms. The first-order valence-electron chi connectivity index (χ1n) is 11.7. The number of amides is 2. The smallest absolute Gasteiger partial charge is 0.310 e. The number of fused-ring (bicyclic) bond motifs is 3. The van der Waals surface area contributed by atoms with Gasteiger partial charge in [0.15, 0.2) is 0 Å². The molecule has 180 valence electrons. The molecule has 34 heavy (non-hydrogen) atoms. The average molecular weight is 528 g/mol. The Bertz CT molecular complexity index is 1100. The number of halogens is 1. The van der Waals surface area contributed by atoms with Crippen LogP contribution in [0.2, 0.25) is 0 Å². The van der Waals surface area contributed by atoms with Crippen LogP contribution in [0, 0.1) is 23.2 Å². The molecule has 7 heteroatoms. The molecule has 0 saturated carbocycles. The van der Waals surface area contributed by atoms with Crippen LogP contribution in [0.3, 0.4) is 0 Å². The van der Waals surface area contributed by atoms with Gasteiger partial charge in [-0.3, -0.25) is 14.4 Å². The summed E-state index contributed by atoms with van der Waals surface area (Å²) in [6.07, 6.45) is 0.512. The third-order valence-electron chi connectivity index (χ3n) is 7.15. The molecule has 2 aliphatic heterocycles. The number of esters is 1. The van der Waals surface area contributed by atoms with E-state index < -0.39 is 35.0 Å². The largest absolute Gasteiger partial charge is 0.493 e. The zero-order valence-corrected chi connectivity index (χ0v) is 21.5. The summed E-state index contributed by atoms with van der Waals surface area (Å²) in [6, 6.07) is 14.7. The molecule has 2 aromatic rings. The van der Waals surface area contributed by atoms with Crippen LogP contribution in [-0.4, -0.2) is 31.0 Å². The van der Waals surface area contributed by atoms with Gasteiger partial charge in [0.05, 0.1) is 30.2 Å². The Hall–Kier alpha value is -2.67. The molecular weight excluding hydrogens is 498 g/mol. The normalized spacial score (nSPS) is 26.0. The molecule has 2 aromatic carbocycles. The highest BCUT2D eigenvalue weighted by atomic mass is 79.9. The zero-order chi connectivity index (χ0) is 24.6. The van der Waals surface area contributed by atoms with Crippen LogP contribution in [0.1, 0.15) is 45.6 Å². The lowest BCUT2D eigenvalue weighted by atomic mass is 9.60. The second kappa shape index (κ2) is 9.53.